The van der Waals surface area contributed by atoms with E-state index in [9.17, 15) is 4.79 Å². The summed E-state index contributed by atoms with van der Waals surface area (Å²) in [5.74, 6) is -0.221. The van der Waals surface area contributed by atoms with Crippen LogP contribution in [0, 0.1) is 0 Å². The molecule has 2 heterocycles. The average molecular weight is 268 g/mol. The lowest BCUT2D eigenvalue weighted by molar-refractivity contribution is -0.120. The molecule has 1 amide bonds. The summed E-state index contributed by atoms with van der Waals surface area (Å²) in [6, 6.07) is 0.495. The van der Waals surface area contributed by atoms with E-state index >= 15 is 0 Å². The Kier molecular flexibility index (Phi) is 5.60. The lowest BCUT2D eigenvalue weighted by atomic mass is 10.2. The molecule has 2 rings (SSSR count). The molecule has 5 nitrogen and oxygen atoms in total. The van der Waals surface area contributed by atoms with Crippen LogP contribution in [0.25, 0.3) is 0 Å². The molecule has 0 radical (unpaired) electrons. The van der Waals surface area contributed by atoms with Gasteiger partial charge in [-0.1, -0.05) is 6.92 Å². The molecule has 0 aromatic carbocycles. The molecule has 2 unspecified atom stereocenters. The fraction of sp³-hybridized carbons (Fsp3) is 0.929. The number of hydrogen-bond donors (Lipinski definition) is 2. The molecule has 110 valence electrons. The molecule has 3 N–H and O–H groups in total. The minimum atomic E-state index is -0.221. The van der Waals surface area contributed by atoms with E-state index in [1.807, 2.05) is 0 Å². The summed E-state index contributed by atoms with van der Waals surface area (Å²) in [6.07, 6.45) is 4.86. The zero-order chi connectivity index (χ0) is 13.7. The predicted molar refractivity (Wildman–Crippen MR) is 76.9 cm³/mol. The Morgan fingerprint density at radius 1 is 1.37 bits per heavy atom. The molecule has 2 aliphatic rings. The molecule has 0 aromatic rings. The highest BCUT2D eigenvalue weighted by Crippen LogP contribution is 2.21. The highest BCUT2D eigenvalue weighted by molar-refractivity contribution is 5.80. The fourth-order valence-electron chi connectivity index (χ4n) is 3.28. The Balaban J connectivity index is 1.86. The summed E-state index contributed by atoms with van der Waals surface area (Å²) in [5, 5.41) is 3.27. The maximum absolute atomic E-state index is 11.5. The van der Waals surface area contributed by atoms with Crippen molar-refractivity contribution in [2.45, 2.75) is 44.7 Å². The van der Waals surface area contributed by atoms with Gasteiger partial charge in [-0.2, -0.15) is 0 Å². The first-order valence-corrected chi connectivity index (χ1v) is 7.69. The minimum absolute atomic E-state index is 0.201. The van der Waals surface area contributed by atoms with Gasteiger partial charge in [-0.15, -0.1) is 0 Å². The third kappa shape index (κ3) is 4.16. The SMILES string of the molecule is CCCNC(CN1CCCN2CCCC2C1)C(N)=O. The van der Waals surface area contributed by atoms with Gasteiger partial charge in [0.1, 0.15) is 0 Å². The second-order valence-corrected chi connectivity index (χ2v) is 5.85. The highest BCUT2D eigenvalue weighted by Gasteiger charge is 2.30. The number of carbonyl (C=O) groups is 1. The van der Waals surface area contributed by atoms with E-state index < -0.39 is 0 Å². The smallest absolute Gasteiger partial charge is 0.235 e. The van der Waals surface area contributed by atoms with Gasteiger partial charge in [0.25, 0.3) is 0 Å². The van der Waals surface area contributed by atoms with Crippen molar-refractivity contribution in [2.75, 3.05) is 39.3 Å². The second kappa shape index (κ2) is 7.22. The van der Waals surface area contributed by atoms with Gasteiger partial charge in [-0.3, -0.25) is 14.6 Å². The van der Waals surface area contributed by atoms with Crippen molar-refractivity contribution in [2.24, 2.45) is 5.73 Å². The summed E-state index contributed by atoms with van der Waals surface area (Å²) in [4.78, 5) is 16.5. The zero-order valence-corrected chi connectivity index (χ0v) is 12.1. The normalized spacial score (nSPS) is 26.9. The molecule has 0 aromatic heterocycles. The van der Waals surface area contributed by atoms with Crippen molar-refractivity contribution >= 4 is 5.91 Å². The van der Waals surface area contributed by atoms with E-state index in [2.05, 4.69) is 22.0 Å². The largest absolute Gasteiger partial charge is 0.368 e. The molecule has 2 aliphatic heterocycles. The standard InChI is InChI=1S/C14H28N4O/c1-2-6-16-13(14(15)19)11-17-7-4-9-18-8-3-5-12(18)10-17/h12-13,16H,2-11H2,1H3,(H2,15,19). The third-order valence-electron chi connectivity index (χ3n) is 4.31. The van der Waals surface area contributed by atoms with Gasteiger partial charge >= 0.3 is 0 Å². The number of fused-ring (bicyclic) bond motifs is 1. The molecule has 5 heteroatoms. The molecule has 2 atom stereocenters. The first-order valence-electron chi connectivity index (χ1n) is 7.69. The number of amides is 1. The van der Waals surface area contributed by atoms with Crippen molar-refractivity contribution in [1.29, 1.82) is 0 Å². The van der Waals surface area contributed by atoms with E-state index in [0.29, 0.717) is 6.04 Å². The Morgan fingerprint density at radius 2 is 2.16 bits per heavy atom. The molecule has 0 saturated carbocycles. The van der Waals surface area contributed by atoms with E-state index in [-0.39, 0.29) is 11.9 Å². The Morgan fingerprint density at radius 3 is 2.89 bits per heavy atom. The molecule has 2 saturated heterocycles. The first-order chi connectivity index (χ1) is 9.20. The van der Waals surface area contributed by atoms with Gasteiger partial charge in [-0.05, 0) is 51.9 Å². The number of hydrogen-bond acceptors (Lipinski definition) is 4. The van der Waals surface area contributed by atoms with Crippen LogP contribution in [0.4, 0.5) is 0 Å². The van der Waals surface area contributed by atoms with Gasteiger partial charge in [0, 0.05) is 19.1 Å². The number of nitrogens with two attached hydrogens (primary N) is 1. The van der Waals surface area contributed by atoms with Crippen molar-refractivity contribution in [3.63, 3.8) is 0 Å². The summed E-state index contributed by atoms with van der Waals surface area (Å²) < 4.78 is 0. The van der Waals surface area contributed by atoms with Crippen LogP contribution in [0.1, 0.15) is 32.6 Å². The van der Waals surface area contributed by atoms with E-state index in [4.69, 9.17) is 5.73 Å². The molecule has 19 heavy (non-hydrogen) atoms. The minimum Gasteiger partial charge on any atom is -0.368 e. The first kappa shape index (κ1) is 14.8. The molecule has 2 fully saturated rings. The van der Waals surface area contributed by atoms with E-state index in [1.165, 1.54) is 32.4 Å². The number of nitrogens with zero attached hydrogens (tertiary/aromatic N) is 2. The van der Waals surface area contributed by atoms with Crippen LogP contribution >= 0.6 is 0 Å². The number of rotatable bonds is 6. The number of nitrogens with one attached hydrogen (secondary N) is 1. The van der Waals surface area contributed by atoms with Crippen LogP contribution in [0.5, 0.6) is 0 Å². The Hall–Kier alpha value is -0.650. The van der Waals surface area contributed by atoms with Gasteiger partial charge in [0.15, 0.2) is 0 Å². The van der Waals surface area contributed by atoms with Crippen LogP contribution in [0.3, 0.4) is 0 Å². The quantitative estimate of drug-likeness (QED) is 0.712. The predicted octanol–water partition coefficient (Wildman–Crippen LogP) is 0.0100. The lowest BCUT2D eigenvalue weighted by Gasteiger charge is -2.28. The van der Waals surface area contributed by atoms with Crippen LogP contribution in [-0.2, 0) is 4.79 Å². The van der Waals surface area contributed by atoms with Crippen LogP contribution in [-0.4, -0.2) is 67.1 Å². The maximum Gasteiger partial charge on any atom is 0.235 e. The van der Waals surface area contributed by atoms with Crippen molar-refractivity contribution in [1.82, 2.24) is 15.1 Å². The molecule has 0 aliphatic carbocycles. The molecule has 0 bridgehead atoms. The van der Waals surface area contributed by atoms with Crippen molar-refractivity contribution in [3.8, 4) is 0 Å². The van der Waals surface area contributed by atoms with Gasteiger partial charge in [0.2, 0.25) is 5.91 Å². The van der Waals surface area contributed by atoms with Crippen LogP contribution in [0.15, 0.2) is 0 Å². The van der Waals surface area contributed by atoms with Gasteiger partial charge in [0.05, 0.1) is 6.04 Å². The van der Waals surface area contributed by atoms with E-state index in [0.717, 1.165) is 32.6 Å². The molecular weight excluding hydrogens is 240 g/mol. The monoisotopic (exact) mass is 268 g/mol. The van der Waals surface area contributed by atoms with Gasteiger partial charge in [-0.25, -0.2) is 0 Å². The summed E-state index contributed by atoms with van der Waals surface area (Å²) in [5.41, 5.74) is 5.50. The Labute approximate surface area is 116 Å². The molecular formula is C14H28N4O. The molecule has 0 spiro atoms. The van der Waals surface area contributed by atoms with Gasteiger partial charge < -0.3 is 11.1 Å². The van der Waals surface area contributed by atoms with E-state index in [1.54, 1.807) is 0 Å². The topological polar surface area (TPSA) is 61.6 Å². The van der Waals surface area contributed by atoms with Crippen molar-refractivity contribution < 1.29 is 4.79 Å². The van der Waals surface area contributed by atoms with Crippen LogP contribution < -0.4 is 11.1 Å². The number of carbonyl (C=O) groups excluding carboxylic acids is 1. The summed E-state index contributed by atoms with van der Waals surface area (Å²) in [7, 11) is 0. The highest BCUT2D eigenvalue weighted by atomic mass is 16.1. The second-order valence-electron chi connectivity index (χ2n) is 5.85. The summed E-state index contributed by atoms with van der Waals surface area (Å²) >= 11 is 0. The lowest BCUT2D eigenvalue weighted by Crippen LogP contribution is -2.50. The zero-order valence-electron chi connectivity index (χ0n) is 12.1. The summed E-state index contributed by atoms with van der Waals surface area (Å²) in [6.45, 7) is 8.38. The fourth-order valence-corrected chi connectivity index (χ4v) is 3.28. The van der Waals surface area contributed by atoms with Crippen molar-refractivity contribution in [3.05, 3.63) is 0 Å². The average Bonchev–Trinajstić information content (AvgIpc) is 2.73. The maximum atomic E-state index is 11.5. The Bertz CT molecular complexity index is 297. The third-order valence-corrected chi connectivity index (χ3v) is 4.31. The number of primary amides is 1. The van der Waals surface area contributed by atoms with Crippen LogP contribution in [0.2, 0.25) is 0 Å².